The molecule has 0 aliphatic rings. The fourth-order valence-corrected chi connectivity index (χ4v) is 1.27. The standard InChI is InChI=1S/C10H19N3/c1-2-3-4-6-11-7-5-10-8-12-9-13-10/h8-9,11H,2-7H2,1H3,(H,12,13). The van der Waals surface area contributed by atoms with Gasteiger partial charge >= 0.3 is 0 Å². The molecular weight excluding hydrogens is 162 g/mol. The zero-order valence-corrected chi connectivity index (χ0v) is 8.34. The summed E-state index contributed by atoms with van der Waals surface area (Å²) < 4.78 is 0. The van der Waals surface area contributed by atoms with Gasteiger partial charge in [0.25, 0.3) is 0 Å². The fraction of sp³-hybridized carbons (Fsp3) is 0.700. The SMILES string of the molecule is CCCCCNCCc1c[nH]cn1. The zero-order valence-electron chi connectivity index (χ0n) is 8.34. The van der Waals surface area contributed by atoms with E-state index in [-0.39, 0.29) is 0 Å². The van der Waals surface area contributed by atoms with Crippen molar-refractivity contribution in [1.82, 2.24) is 15.3 Å². The summed E-state index contributed by atoms with van der Waals surface area (Å²) >= 11 is 0. The number of H-pyrrole nitrogens is 1. The van der Waals surface area contributed by atoms with Gasteiger partial charge in [0.05, 0.1) is 12.0 Å². The maximum absolute atomic E-state index is 4.15. The van der Waals surface area contributed by atoms with Crippen molar-refractivity contribution in [2.45, 2.75) is 32.6 Å². The van der Waals surface area contributed by atoms with E-state index in [4.69, 9.17) is 0 Å². The monoisotopic (exact) mass is 181 g/mol. The first-order valence-corrected chi connectivity index (χ1v) is 5.12. The van der Waals surface area contributed by atoms with Crippen LogP contribution in [-0.2, 0) is 6.42 Å². The van der Waals surface area contributed by atoms with E-state index in [1.54, 1.807) is 6.33 Å². The molecule has 0 fully saturated rings. The van der Waals surface area contributed by atoms with Crippen LogP contribution in [0.1, 0.15) is 31.9 Å². The quantitative estimate of drug-likeness (QED) is 0.629. The fourth-order valence-electron chi connectivity index (χ4n) is 1.27. The van der Waals surface area contributed by atoms with Gasteiger partial charge in [-0.05, 0) is 13.0 Å². The minimum Gasteiger partial charge on any atom is -0.351 e. The van der Waals surface area contributed by atoms with E-state index in [1.807, 2.05) is 6.20 Å². The van der Waals surface area contributed by atoms with E-state index >= 15 is 0 Å². The predicted octanol–water partition coefficient (Wildman–Crippen LogP) is 1.73. The Morgan fingerprint density at radius 3 is 3.00 bits per heavy atom. The topological polar surface area (TPSA) is 40.7 Å². The number of hydrogen-bond donors (Lipinski definition) is 2. The normalized spacial score (nSPS) is 10.5. The molecule has 0 saturated heterocycles. The van der Waals surface area contributed by atoms with E-state index in [2.05, 4.69) is 22.2 Å². The third-order valence-electron chi connectivity index (χ3n) is 2.07. The maximum atomic E-state index is 4.15. The van der Waals surface area contributed by atoms with Crippen molar-refractivity contribution >= 4 is 0 Å². The molecule has 13 heavy (non-hydrogen) atoms. The van der Waals surface area contributed by atoms with Crippen LogP contribution in [-0.4, -0.2) is 23.1 Å². The lowest BCUT2D eigenvalue weighted by molar-refractivity contribution is 0.614. The van der Waals surface area contributed by atoms with Crippen molar-refractivity contribution < 1.29 is 0 Å². The van der Waals surface area contributed by atoms with Crippen molar-refractivity contribution in [3.8, 4) is 0 Å². The lowest BCUT2D eigenvalue weighted by Gasteiger charge is -2.01. The van der Waals surface area contributed by atoms with Gasteiger partial charge in [0, 0.05) is 19.2 Å². The molecule has 3 nitrogen and oxygen atoms in total. The summed E-state index contributed by atoms with van der Waals surface area (Å²) in [5, 5.41) is 3.40. The number of nitrogens with zero attached hydrogens (tertiary/aromatic N) is 1. The Balaban J connectivity index is 1.90. The van der Waals surface area contributed by atoms with Gasteiger partial charge in [-0.1, -0.05) is 19.8 Å². The van der Waals surface area contributed by atoms with Crippen LogP contribution in [0, 0.1) is 0 Å². The first kappa shape index (κ1) is 10.3. The van der Waals surface area contributed by atoms with Crippen LogP contribution in [0.4, 0.5) is 0 Å². The third kappa shape index (κ3) is 4.68. The number of hydrogen-bond acceptors (Lipinski definition) is 2. The first-order valence-electron chi connectivity index (χ1n) is 5.12. The highest BCUT2D eigenvalue weighted by molar-refractivity contribution is 4.94. The molecule has 0 saturated carbocycles. The van der Waals surface area contributed by atoms with E-state index in [1.165, 1.54) is 19.3 Å². The number of rotatable bonds is 7. The van der Waals surface area contributed by atoms with Crippen LogP contribution >= 0.6 is 0 Å². The van der Waals surface area contributed by atoms with Gasteiger partial charge in [-0.25, -0.2) is 4.98 Å². The number of aromatic nitrogens is 2. The molecule has 3 heteroatoms. The van der Waals surface area contributed by atoms with Crippen molar-refractivity contribution in [3.63, 3.8) is 0 Å². The summed E-state index contributed by atoms with van der Waals surface area (Å²) in [6, 6.07) is 0. The number of nitrogens with one attached hydrogen (secondary N) is 2. The molecule has 0 unspecified atom stereocenters. The number of aromatic amines is 1. The summed E-state index contributed by atoms with van der Waals surface area (Å²) in [6.07, 6.45) is 8.61. The van der Waals surface area contributed by atoms with Gasteiger partial charge in [-0.2, -0.15) is 0 Å². The molecule has 1 aromatic heterocycles. The first-order chi connectivity index (χ1) is 6.43. The largest absolute Gasteiger partial charge is 0.351 e. The highest BCUT2D eigenvalue weighted by Gasteiger charge is 1.93. The Labute approximate surface area is 80.0 Å². The van der Waals surface area contributed by atoms with Crippen LogP contribution in [0.25, 0.3) is 0 Å². The average Bonchev–Trinajstić information content (AvgIpc) is 2.63. The van der Waals surface area contributed by atoms with Crippen LogP contribution in [0.3, 0.4) is 0 Å². The second-order valence-corrected chi connectivity index (χ2v) is 3.27. The molecule has 74 valence electrons. The van der Waals surface area contributed by atoms with Crippen molar-refractivity contribution in [2.75, 3.05) is 13.1 Å². The van der Waals surface area contributed by atoms with Gasteiger partial charge in [-0.3, -0.25) is 0 Å². The van der Waals surface area contributed by atoms with Gasteiger partial charge in [-0.15, -0.1) is 0 Å². The third-order valence-corrected chi connectivity index (χ3v) is 2.07. The Bertz CT molecular complexity index is 194. The van der Waals surface area contributed by atoms with Gasteiger partial charge in [0.15, 0.2) is 0 Å². The Hall–Kier alpha value is -0.830. The number of imidazole rings is 1. The second kappa shape index (κ2) is 6.66. The summed E-state index contributed by atoms with van der Waals surface area (Å²) in [7, 11) is 0. The zero-order chi connectivity index (χ0) is 9.36. The molecule has 1 rings (SSSR count). The molecule has 0 aliphatic heterocycles. The van der Waals surface area contributed by atoms with Crippen molar-refractivity contribution in [2.24, 2.45) is 0 Å². The Kier molecular flexibility index (Phi) is 5.25. The van der Waals surface area contributed by atoms with Crippen molar-refractivity contribution in [3.05, 3.63) is 18.2 Å². The molecule has 1 heterocycles. The molecule has 1 aromatic rings. The van der Waals surface area contributed by atoms with Crippen molar-refractivity contribution in [1.29, 1.82) is 0 Å². The summed E-state index contributed by atoms with van der Waals surface area (Å²) in [5.74, 6) is 0. The minimum absolute atomic E-state index is 1.02. The van der Waals surface area contributed by atoms with Gasteiger partial charge in [0.2, 0.25) is 0 Å². The summed E-state index contributed by atoms with van der Waals surface area (Å²) in [6.45, 7) is 4.40. The lowest BCUT2D eigenvalue weighted by Crippen LogP contribution is -2.18. The molecule has 2 N–H and O–H groups in total. The van der Waals surface area contributed by atoms with E-state index < -0.39 is 0 Å². The highest BCUT2D eigenvalue weighted by Crippen LogP contribution is 1.93. The molecule has 0 radical (unpaired) electrons. The minimum atomic E-state index is 1.02. The van der Waals surface area contributed by atoms with E-state index in [0.29, 0.717) is 0 Å². The predicted molar refractivity (Wildman–Crippen MR) is 54.7 cm³/mol. The molecule has 0 spiro atoms. The number of unbranched alkanes of at least 4 members (excludes halogenated alkanes) is 2. The lowest BCUT2D eigenvalue weighted by atomic mass is 10.2. The second-order valence-electron chi connectivity index (χ2n) is 3.27. The van der Waals surface area contributed by atoms with Crippen LogP contribution < -0.4 is 5.32 Å². The molecule has 0 aromatic carbocycles. The molecule has 0 atom stereocenters. The highest BCUT2D eigenvalue weighted by atomic mass is 14.9. The molecule has 0 amide bonds. The summed E-state index contributed by atoms with van der Waals surface area (Å²) in [5.41, 5.74) is 1.14. The van der Waals surface area contributed by atoms with Gasteiger partial charge < -0.3 is 10.3 Å². The average molecular weight is 181 g/mol. The molecule has 0 aliphatic carbocycles. The maximum Gasteiger partial charge on any atom is 0.0923 e. The van der Waals surface area contributed by atoms with E-state index in [0.717, 1.165) is 25.2 Å². The van der Waals surface area contributed by atoms with Crippen LogP contribution in [0.2, 0.25) is 0 Å². The van der Waals surface area contributed by atoms with E-state index in [9.17, 15) is 0 Å². The summed E-state index contributed by atoms with van der Waals surface area (Å²) in [4.78, 5) is 7.11. The van der Waals surface area contributed by atoms with Crippen LogP contribution in [0.5, 0.6) is 0 Å². The Morgan fingerprint density at radius 1 is 1.38 bits per heavy atom. The van der Waals surface area contributed by atoms with Gasteiger partial charge in [0.1, 0.15) is 0 Å². The molecular formula is C10H19N3. The Morgan fingerprint density at radius 2 is 2.31 bits per heavy atom. The smallest absolute Gasteiger partial charge is 0.0923 e. The van der Waals surface area contributed by atoms with Crippen LogP contribution in [0.15, 0.2) is 12.5 Å². The molecule has 0 bridgehead atoms.